The van der Waals surface area contributed by atoms with E-state index in [1.165, 1.54) is 14.7 Å². The maximum absolute atomic E-state index is 4.01. The van der Waals surface area contributed by atoms with Crippen LogP contribution in [0.1, 0.15) is 0 Å². The molecule has 0 saturated carbocycles. The molecule has 0 fully saturated rings. The van der Waals surface area contributed by atoms with Crippen molar-refractivity contribution in [2.75, 3.05) is 0 Å². The highest BCUT2D eigenvalue weighted by atomic mass is 33.5. The van der Waals surface area contributed by atoms with Gasteiger partial charge in [0.05, 0.1) is 0 Å². The smallest absolute Gasteiger partial charge is 0.0191 e. The summed E-state index contributed by atoms with van der Waals surface area (Å²) < 4.78 is 0. The van der Waals surface area contributed by atoms with Gasteiger partial charge in [-0.25, -0.2) is 0 Å². The molecule has 0 saturated heterocycles. The summed E-state index contributed by atoms with van der Waals surface area (Å²) in [7, 11) is 3.12. The minimum absolute atomic E-state index is 1.25. The Hall–Kier alpha value is 0.270. The first-order chi connectivity index (χ1) is 4.43. The number of thiol groups is 1. The predicted molar refractivity (Wildman–Crippen MR) is 48.9 cm³/mol. The Morgan fingerprint density at radius 1 is 1.11 bits per heavy atom. The molecule has 0 amide bonds. The van der Waals surface area contributed by atoms with Crippen LogP contribution in [0.25, 0.3) is 0 Å². The van der Waals surface area contributed by atoms with Crippen LogP contribution in [-0.4, -0.2) is 0 Å². The standard InChI is InChI=1S/C6H6S3/c7-9-8-6-4-2-1-3-5-6/h1-5,7H. The number of benzene rings is 1. The summed E-state index contributed by atoms with van der Waals surface area (Å²) in [4.78, 5) is 1.25. The van der Waals surface area contributed by atoms with E-state index in [-0.39, 0.29) is 0 Å². The van der Waals surface area contributed by atoms with E-state index >= 15 is 0 Å². The summed E-state index contributed by atoms with van der Waals surface area (Å²) in [5, 5.41) is 0. The minimum atomic E-state index is 1.25. The average molecular weight is 174 g/mol. The molecule has 1 aromatic rings. The Bertz CT molecular complexity index is 161. The molecular weight excluding hydrogens is 168 g/mol. The second-order valence-electron chi connectivity index (χ2n) is 1.47. The number of hydrogen-bond donors (Lipinski definition) is 1. The Balaban J connectivity index is 2.61. The highest BCUT2D eigenvalue weighted by Gasteiger charge is 1.86. The van der Waals surface area contributed by atoms with Crippen LogP contribution < -0.4 is 0 Å². The normalized spacial score (nSPS) is 9.44. The third-order valence-electron chi connectivity index (χ3n) is 0.877. The zero-order valence-electron chi connectivity index (χ0n) is 4.65. The van der Waals surface area contributed by atoms with Crippen LogP contribution in [-0.2, 0) is 0 Å². The Kier molecular flexibility index (Phi) is 3.40. The van der Waals surface area contributed by atoms with Crippen molar-refractivity contribution in [3.8, 4) is 0 Å². The van der Waals surface area contributed by atoms with Gasteiger partial charge in [0.25, 0.3) is 0 Å². The minimum Gasteiger partial charge on any atom is -0.0994 e. The van der Waals surface area contributed by atoms with Gasteiger partial charge in [-0.1, -0.05) is 29.9 Å². The molecule has 0 aromatic heterocycles. The van der Waals surface area contributed by atoms with Crippen LogP contribution in [0.5, 0.6) is 0 Å². The van der Waals surface area contributed by atoms with E-state index in [4.69, 9.17) is 0 Å². The second-order valence-corrected chi connectivity index (χ2v) is 4.55. The Morgan fingerprint density at radius 3 is 2.33 bits per heavy atom. The average Bonchev–Trinajstić information content (AvgIpc) is 1.91. The van der Waals surface area contributed by atoms with Gasteiger partial charge >= 0.3 is 0 Å². The lowest BCUT2D eigenvalue weighted by Crippen LogP contribution is -1.61. The van der Waals surface area contributed by atoms with Crippen molar-refractivity contribution >= 4 is 32.3 Å². The van der Waals surface area contributed by atoms with Crippen molar-refractivity contribution in [3.63, 3.8) is 0 Å². The molecule has 0 unspecified atom stereocenters. The predicted octanol–water partition coefficient (Wildman–Crippen LogP) is 3.27. The molecule has 0 spiro atoms. The van der Waals surface area contributed by atoms with Crippen LogP contribution in [0.2, 0.25) is 0 Å². The molecule has 9 heavy (non-hydrogen) atoms. The van der Waals surface area contributed by atoms with Gasteiger partial charge in [-0.15, -0.1) is 0 Å². The van der Waals surface area contributed by atoms with Crippen molar-refractivity contribution in [1.82, 2.24) is 0 Å². The fraction of sp³-hybridized carbons (Fsp3) is 0. The molecule has 1 aromatic carbocycles. The third kappa shape index (κ3) is 2.56. The van der Waals surface area contributed by atoms with Crippen LogP contribution >= 0.6 is 32.3 Å². The fourth-order valence-corrected chi connectivity index (χ4v) is 2.24. The van der Waals surface area contributed by atoms with E-state index in [1.807, 2.05) is 18.2 Å². The molecule has 1 rings (SSSR count). The number of hydrogen-bond acceptors (Lipinski definition) is 3. The third-order valence-corrected chi connectivity index (χ3v) is 2.89. The first-order valence-electron chi connectivity index (χ1n) is 2.46. The fourth-order valence-electron chi connectivity index (χ4n) is 0.519. The van der Waals surface area contributed by atoms with Crippen LogP contribution in [0.15, 0.2) is 35.2 Å². The van der Waals surface area contributed by atoms with Crippen molar-refractivity contribution in [3.05, 3.63) is 30.3 Å². The lowest BCUT2D eigenvalue weighted by Gasteiger charge is -1.91. The summed E-state index contributed by atoms with van der Waals surface area (Å²) in [5.41, 5.74) is 0. The molecule has 0 bridgehead atoms. The first-order valence-corrected chi connectivity index (χ1v) is 5.67. The topological polar surface area (TPSA) is 0 Å². The Morgan fingerprint density at radius 2 is 1.78 bits per heavy atom. The van der Waals surface area contributed by atoms with E-state index in [0.717, 1.165) is 0 Å². The largest absolute Gasteiger partial charge is 0.0994 e. The summed E-state index contributed by atoms with van der Waals surface area (Å²) >= 11 is 4.01. The maximum Gasteiger partial charge on any atom is 0.0191 e. The molecule has 48 valence electrons. The Labute approximate surface area is 67.6 Å². The molecule has 0 aliphatic rings. The molecule has 0 heterocycles. The van der Waals surface area contributed by atoms with Gasteiger partial charge in [0.1, 0.15) is 0 Å². The SMILES string of the molecule is SSSc1ccccc1. The van der Waals surface area contributed by atoms with Crippen LogP contribution in [0.4, 0.5) is 0 Å². The van der Waals surface area contributed by atoms with Crippen molar-refractivity contribution < 1.29 is 0 Å². The molecular formula is C6H6S3. The van der Waals surface area contributed by atoms with E-state index in [1.54, 1.807) is 10.8 Å². The van der Waals surface area contributed by atoms with Crippen molar-refractivity contribution in [2.24, 2.45) is 0 Å². The molecule has 0 aliphatic heterocycles. The van der Waals surface area contributed by atoms with Gasteiger partial charge in [0, 0.05) is 4.90 Å². The number of rotatable bonds is 2. The molecule has 0 aliphatic carbocycles. The van der Waals surface area contributed by atoms with Crippen LogP contribution in [0.3, 0.4) is 0 Å². The summed E-state index contributed by atoms with van der Waals surface area (Å²) in [6.45, 7) is 0. The van der Waals surface area contributed by atoms with Gasteiger partial charge in [0.15, 0.2) is 0 Å². The lowest BCUT2D eigenvalue weighted by atomic mass is 10.4. The van der Waals surface area contributed by atoms with E-state index in [9.17, 15) is 0 Å². The summed E-state index contributed by atoms with van der Waals surface area (Å²) in [6, 6.07) is 10.2. The summed E-state index contributed by atoms with van der Waals surface area (Å²) in [5.74, 6) is 0. The van der Waals surface area contributed by atoms with Gasteiger partial charge in [-0.2, -0.15) is 0 Å². The van der Waals surface area contributed by atoms with Gasteiger partial charge in [0.2, 0.25) is 0 Å². The highest BCUT2D eigenvalue weighted by Crippen LogP contribution is 2.32. The maximum atomic E-state index is 4.01. The van der Waals surface area contributed by atoms with Crippen LogP contribution in [0, 0.1) is 0 Å². The van der Waals surface area contributed by atoms with E-state index in [2.05, 4.69) is 23.8 Å². The van der Waals surface area contributed by atoms with E-state index < -0.39 is 0 Å². The second kappa shape index (κ2) is 4.14. The van der Waals surface area contributed by atoms with Gasteiger partial charge in [-0.3, -0.25) is 0 Å². The van der Waals surface area contributed by atoms with Crippen molar-refractivity contribution in [1.29, 1.82) is 0 Å². The molecule has 0 nitrogen and oxygen atoms in total. The van der Waals surface area contributed by atoms with Gasteiger partial charge in [-0.05, 0) is 32.8 Å². The summed E-state index contributed by atoms with van der Waals surface area (Å²) in [6.07, 6.45) is 0. The zero-order chi connectivity index (χ0) is 6.53. The zero-order valence-corrected chi connectivity index (χ0v) is 7.18. The highest BCUT2D eigenvalue weighted by molar-refractivity contribution is 9.05. The van der Waals surface area contributed by atoms with E-state index in [0.29, 0.717) is 0 Å². The molecule has 0 N–H and O–H groups in total. The molecule has 0 radical (unpaired) electrons. The quantitative estimate of drug-likeness (QED) is 0.540. The lowest BCUT2D eigenvalue weighted by molar-refractivity contribution is 1.48. The van der Waals surface area contributed by atoms with Gasteiger partial charge < -0.3 is 0 Å². The first kappa shape index (κ1) is 7.38. The molecule has 3 heteroatoms. The monoisotopic (exact) mass is 174 g/mol. The molecule has 0 atom stereocenters. The van der Waals surface area contributed by atoms with Crippen molar-refractivity contribution in [2.45, 2.75) is 4.90 Å².